The van der Waals surface area contributed by atoms with Gasteiger partial charge >= 0.3 is 0 Å². The van der Waals surface area contributed by atoms with Gasteiger partial charge in [0.25, 0.3) is 0 Å². The van der Waals surface area contributed by atoms with Crippen LogP contribution in [0.4, 0.5) is 0 Å². The average molecular weight is 278 g/mol. The molecule has 2 aliphatic carbocycles. The molecular weight excluding hydrogens is 256 g/mol. The third kappa shape index (κ3) is 2.70. The molecule has 0 saturated heterocycles. The number of fused-ring (bicyclic) bond motifs is 1. The van der Waals surface area contributed by atoms with Crippen molar-refractivity contribution < 1.29 is 9.90 Å². The van der Waals surface area contributed by atoms with Crippen LogP contribution in [-0.4, -0.2) is 49.9 Å². The van der Waals surface area contributed by atoms with Crippen LogP contribution in [0.5, 0.6) is 0 Å². The van der Waals surface area contributed by atoms with E-state index in [1.807, 2.05) is 16.5 Å². The lowest BCUT2D eigenvalue weighted by Gasteiger charge is -2.25. The Hall–Kier alpha value is -1.43. The van der Waals surface area contributed by atoms with Crippen molar-refractivity contribution in [2.45, 2.75) is 50.8 Å². The summed E-state index contributed by atoms with van der Waals surface area (Å²) in [4.78, 5) is 14.1. The Bertz CT molecular complexity index is 448. The van der Waals surface area contributed by atoms with Crippen LogP contribution in [0.1, 0.15) is 32.1 Å². The molecule has 3 rings (SSSR count). The number of aliphatic hydroxyl groups is 1. The Morgan fingerprint density at radius 1 is 1.25 bits per heavy atom. The van der Waals surface area contributed by atoms with Crippen LogP contribution >= 0.6 is 0 Å². The molecule has 0 radical (unpaired) electrons. The van der Waals surface area contributed by atoms with Crippen molar-refractivity contribution in [3.63, 3.8) is 0 Å². The summed E-state index contributed by atoms with van der Waals surface area (Å²) in [6, 6.07) is 0.353. The second kappa shape index (κ2) is 5.52. The zero-order valence-electron chi connectivity index (χ0n) is 11.9. The normalized spacial score (nSPS) is 32.3. The third-order valence-electron chi connectivity index (χ3n) is 4.96. The maximum atomic E-state index is 12.2. The number of aryl methyl sites for hydroxylation is 1. The van der Waals surface area contributed by atoms with Crippen LogP contribution in [0.25, 0.3) is 0 Å². The largest absolute Gasteiger partial charge is 0.393 e. The summed E-state index contributed by atoms with van der Waals surface area (Å²) in [5, 5.41) is 17.1. The highest BCUT2D eigenvalue weighted by Crippen LogP contribution is 2.45. The molecule has 1 heterocycles. The number of rotatable bonds is 4. The van der Waals surface area contributed by atoms with Gasteiger partial charge in [-0.05, 0) is 37.5 Å². The Morgan fingerprint density at radius 2 is 1.85 bits per heavy atom. The lowest BCUT2D eigenvalue weighted by atomic mass is 10.0. The van der Waals surface area contributed by atoms with E-state index in [4.69, 9.17) is 0 Å². The van der Waals surface area contributed by atoms with Gasteiger partial charge in [-0.2, -0.15) is 0 Å². The molecule has 6 heteroatoms. The van der Waals surface area contributed by atoms with Gasteiger partial charge in [0.1, 0.15) is 12.7 Å². The quantitative estimate of drug-likeness (QED) is 0.879. The predicted octanol–water partition coefficient (Wildman–Crippen LogP) is 0.676. The van der Waals surface area contributed by atoms with E-state index in [9.17, 15) is 9.90 Å². The zero-order chi connectivity index (χ0) is 14.1. The molecular formula is C14H22N4O2. The van der Waals surface area contributed by atoms with E-state index in [0.717, 1.165) is 25.7 Å². The van der Waals surface area contributed by atoms with E-state index < -0.39 is 0 Å². The minimum absolute atomic E-state index is 0.110. The number of amides is 1. The van der Waals surface area contributed by atoms with Crippen LogP contribution in [0, 0.1) is 11.8 Å². The van der Waals surface area contributed by atoms with Crippen molar-refractivity contribution in [3.8, 4) is 0 Å². The monoisotopic (exact) mass is 278 g/mol. The molecule has 2 aliphatic rings. The lowest BCUT2D eigenvalue weighted by molar-refractivity contribution is -0.132. The first kappa shape index (κ1) is 13.5. The molecule has 2 fully saturated rings. The van der Waals surface area contributed by atoms with Crippen molar-refractivity contribution in [1.82, 2.24) is 19.7 Å². The van der Waals surface area contributed by atoms with Crippen molar-refractivity contribution in [1.29, 1.82) is 0 Å². The second-order valence-corrected chi connectivity index (χ2v) is 6.22. The molecule has 0 bridgehead atoms. The Labute approximate surface area is 118 Å². The van der Waals surface area contributed by atoms with Crippen LogP contribution in [0.2, 0.25) is 0 Å². The molecule has 1 N–H and O–H groups in total. The van der Waals surface area contributed by atoms with Gasteiger partial charge in [-0.15, -0.1) is 10.2 Å². The van der Waals surface area contributed by atoms with Crippen LogP contribution in [-0.2, 0) is 11.3 Å². The first-order valence-corrected chi connectivity index (χ1v) is 7.39. The van der Waals surface area contributed by atoms with Gasteiger partial charge < -0.3 is 14.6 Å². The van der Waals surface area contributed by atoms with Crippen LogP contribution in [0.3, 0.4) is 0 Å². The highest BCUT2D eigenvalue weighted by atomic mass is 16.3. The molecule has 1 aromatic heterocycles. The van der Waals surface area contributed by atoms with Gasteiger partial charge in [0.2, 0.25) is 5.91 Å². The van der Waals surface area contributed by atoms with Crippen LogP contribution < -0.4 is 0 Å². The number of hydrogen-bond acceptors (Lipinski definition) is 4. The van der Waals surface area contributed by atoms with Crippen molar-refractivity contribution in [2.24, 2.45) is 11.8 Å². The number of carbonyl (C=O) groups is 1. The van der Waals surface area contributed by atoms with Crippen LogP contribution in [0.15, 0.2) is 12.7 Å². The van der Waals surface area contributed by atoms with E-state index in [2.05, 4.69) is 10.2 Å². The van der Waals surface area contributed by atoms with Gasteiger partial charge in [-0.3, -0.25) is 4.79 Å². The molecule has 1 aromatic rings. The van der Waals surface area contributed by atoms with Crippen molar-refractivity contribution in [3.05, 3.63) is 12.7 Å². The van der Waals surface area contributed by atoms with Crippen molar-refractivity contribution >= 4 is 5.91 Å². The molecule has 6 nitrogen and oxygen atoms in total. The fourth-order valence-electron chi connectivity index (χ4n) is 3.81. The zero-order valence-corrected chi connectivity index (χ0v) is 11.9. The highest BCUT2D eigenvalue weighted by Gasteiger charge is 2.42. The lowest BCUT2D eigenvalue weighted by Crippen LogP contribution is -2.36. The fourth-order valence-corrected chi connectivity index (χ4v) is 3.81. The minimum atomic E-state index is -0.110. The molecule has 4 atom stereocenters. The summed E-state index contributed by atoms with van der Waals surface area (Å²) < 4.78 is 1.82. The second-order valence-electron chi connectivity index (χ2n) is 6.22. The standard InChI is InChI=1S/C14H22N4O2/c1-17(14(20)2-3-18-8-15-16-9-18)12-4-10-6-13(19)7-11(10)5-12/h8-13,19H,2-7H2,1H3/t10-,11+,12?,13?. The highest BCUT2D eigenvalue weighted by molar-refractivity contribution is 5.76. The Kier molecular flexibility index (Phi) is 3.74. The minimum Gasteiger partial charge on any atom is -0.393 e. The molecule has 0 aromatic carbocycles. The fraction of sp³-hybridized carbons (Fsp3) is 0.786. The summed E-state index contributed by atoms with van der Waals surface area (Å²) in [5.41, 5.74) is 0. The number of hydrogen-bond donors (Lipinski definition) is 1. The van der Waals surface area contributed by atoms with E-state index in [0.29, 0.717) is 30.8 Å². The molecule has 2 unspecified atom stereocenters. The van der Waals surface area contributed by atoms with Gasteiger partial charge in [-0.1, -0.05) is 0 Å². The summed E-state index contributed by atoms with van der Waals surface area (Å²) in [7, 11) is 1.91. The van der Waals surface area contributed by atoms with Gasteiger partial charge in [0, 0.05) is 26.1 Å². The maximum Gasteiger partial charge on any atom is 0.224 e. The SMILES string of the molecule is CN(C(=O)CCn1cnnc1)C1C[C@H]2CC(O)C[C@H]2C1. The third-order valence-corrected chi connectivity index (χ3v) is 4.96. The smallest absolute Gasteiger partial charge is 0.224 e. The number of aromatic nitrogens is 3. The molecule has 2 saturated carbocycles. The van der Waals surface area contributed by atoms with Crippen molar-refractivity contribution in [2.75, 3.05) is 7.05 Å². The molecule has 110 valence electrons. The topological polar surface area (TPSA) is 71.2 Å². The van der Waals surface area contributed by atoms with Gasteiger partial charge in [0.15, 0.2) is 0 Å². The first-order chi connectivity index (χ1) is 9.63. The molecule has 0 spiro atoms. The number of carbonyl (C=O) groups excluding carboxylic acids is 1. The first-order valence-electron chi connectivity index (χ1n) is 7.39. The van der Waals surface area contributed by atoms with Gasteiger partial charge in [0.05, 0.1) is 6.10 Å². The summed E-state index contributed by atoms with van der Waals surface area (Å²) >= 11 is 0. The Balaban J connectivity index is 1.49. The van der Waals surface area contributed by atoms with E-state index in [-0.39, 0.29) is 12.0 Å². The number of nitrogens with zero attached hydrogens (tertiary/aromatic N) is 4. The van der Waals surface area contributed by atoms with E-state index >= 15 is 0 Å². The predicted molar refractivity (Wildman–Crippen MR) is 72.7 cm³/mol. The Morgan fingerprint density at radius 3 is 2.45 bits per heavy atom. The molecule has 0 aliphatic heterocycles. The van der Waals surface area contributed by atoms with Gasteiger partial charge in [-0.25, -0.2) is 0 Å². The molecule has 20 heavy (non-hydrogen) atoms. The van der Waals surface area contributed by atoms with E-state index in [1.165, 1.54) is 0 Å². The summed E-state index contributed by atoms with van der Waals surface area (Å²) in [6.07, 6.45) is 7.59. The van der Waals surface area contributed by atoms with E-state index in [1.54, 1.807) is 12.7 Å². The summed E-state index contributed by atoms with van der Waals surface area (Å²) in [6.45, 7) is 0.633. The maximum absolute atomic E-state index is 12.2. The number of aliphatic hydroxyl groups excluding tert-OH is 1. The average Bonchev–Trinajstić information content (AvgIpc) is 3.10. The molecule has 1 amide bonds. The summed E-state index contributed by atoms with van der Waals surface area (Å²) in [5.74, 6) is 1.41.